The van der Waals surface area contributed by atoms with Gasteiger partial charge in [0, 0.05) is 37.7 Å². The molecule has 2 unspecified atom stereocenters. The minimum Gasteiger partial charge on any atom is -0.507 e. The van der Waals surface area contributed by atoms with E-state index in [0.717, 1.165) is 77.0 Å². The van der Waals surface area contributed by atoms with E-state index in [2.05, 4.69) is 45.7 Å². The number of phenols is 1. The average Bonchev–Trinajstić information content (AvgIpc) is 2.95. The lowest BCUT2D eigenvalue weighted by Crippen LogP contribution is -2.58. The zero-order valence-corrected chi connectivity index (χ0v) is 23.9. The molecule has 3 aliphatic rings. The van der Waals surface area contributed by atoms with Crippen LogP contribution in [0.4, 0.5) is 11.5 Å². The van der Waals surface area contributed by atoms with E-state index in [1.54, 1.807) is 12.1 Å². The molecule has 2 aromatic rings. The lowest BCUT2D eigenvalue weighted by atomic mass is 9.82. The van der Waals surface area contributed by atoms with Crippen LogP contribution in [0, 0.1) is 17.8 Å². The molecule has 3 fully saturated rings. The lowest BCUT2D eigenvalue weighted by Gasteiger charge is -2.48. The number of aromatic nitrogens is 2. The number of hydrogen-bond acceptors (Lipinski definition) is 9. The summed E-state index contributed by atoms with van der Waals surface area (Å²) in [6.07, 6.45) is 6.43. The minimum atomic E-state index is -0.173. The van der Waals surface area contributed by atoms with Crippen molar-refractivity contribution >= 4 is 11.5 Å². The summed E-state index contributed by atoms with van der Waals surface area (Å²) < 4.78 is 12.6. The molecule has 1 aromatic heterocycles. The molecule has 1 spiro atoms. The van der Waals surface area contributed by atoms with Gasteiger partial charge in [-0.2, -0.15) is 0 Å². The maximum atomic E-state index is 10.3. The summed E-state index contributed by atoms with van der Waals surface area (Å²) in [6, 6.07) is 9.27. The van der Waals surface area contributed by atoms with Crippen LogP contribution in [0.2, 0.25) is 0 Å². The number of phenolic OH excluding ortho intramolecular Hbond substituents is 1. The molecule has 9 nitrogen and oxygen atoms in total. The van der Waals surface area contributed by atoms with Crippen LogP contribution in [0.3, 0.4) is 0 Å². The number of nitrogens with zero attached hydrogens (tertiary/aromatic N) is 4. The number of para-hydroxylation sites is 1. The van der Waals surface area contributed by atoms with Crippen molar-refractivity contribution in [2.24, 2.45) is 11.7 Å². The Morgan fingerprint density at radius 2 is 1.98 bits per heavy atom. The molecule has 3 heterocycles. The molecule has 0 radical (unpaired) electrons. The highest BCUT2D eigenvalue weighted by molar-refractivity contribution is 5.74. The summed E-state index contributed by atoms with van der Waals surface area (Å²) in [7, 11) is 0. The first kappa shape index (κ1) is 28.6. The molecule has 1 aromatic carbocycles. The molecule has 9 heteroatoms. The van der Waals surface area contributed by atoms with Gasteiger partial charge in [0.2, 0.25) is 0 Å². The average molecular weight is 549 g/mol. The first-order chi connectivity index (χ1) is 19.4. The van der Waals surface area contributed by atoms with Crippen LogP contribution in [0.25, 0.3) is 11.3 Å². The zero-order chi connectivity index (χ0) is 28.1. The van der Waals surface area contributed by atoms with Crippen molar-refractivity contribution in [3.05, 3.63) is 30.3 Å². The van der Waals surface area contributed by atoms with Gasteiger partial charge >= 0.3 is 0 Å². The van der Waals surface area contributed by atoms with E-state index in [1.165, 1.54) is 0 Å². The van der Waals surface area contributed by atoms with E-state index in [4.69, 9.17) is 20.9 Å². The number of aromatic hydroxyl groups is 1. The third-order valence-corrected chi connectivity index (χ3v) is 8.74. The Morgan fingerprint density at radius 1 is 1.20 bits per heavy atom. The number of piperidine rings is 1. The van der Waals surface area contributed by atoms with Crippen LogP contribution < -0.4 is 16.4 Å². The minimum absolute atomic E-state index is 0.173. The number of morpholine rings is 1. The highest BCUT2D eigenvalue weighted by Crippen LogP contribution is 2.36. The van der Waals surface area contributed by atoms with E-state index in [1.807, 2.05) is 18.2 Å². The second-order valence-corrected chi connectivity index (χ2v) is 11.5. The first-order valence-electron chi connectivity index (χ1n) is 14.8. The third-order valence-electron chi connectivity index (χ3n) is 8.74. The Morgan fingerprint density at radius 3 is 2.70 bits per heavy atom. The largest absolute Gasteiger partial charge is 0.507 e. The molecule has 0 bridgehead atoms. The fourth-order valence-corrected chi connectivity index (χ4v) is 6.08. The number of nitrogen functional groups attached to an aromatic ring is 1. The molecule has 1 saturated carbocycles. The zero-order valence-electron chi connectivity index (χ0n) is 23.9. The van der Waals surface area contributed by atoms with Crippen molar-refractivity contribution < 1.29 is 14.6 Å². The molecule has 2 saturated heterocycles. The first-order valence-corrected chi connectivity index (χ1v) is 14.8. The summed E-state index contributed by atoms with van der Waals surface area (Å²) in [5.74, 6) is 8.08. The van der Waals surface area contributed by atoms with Crippen LogP contribution in [0.5, 0.6) is 5.75 Å². The van der Waals surface area contributed by atoms with Gasteiger partial charge in [-0.3, -0.25) is 4.90 Å². The van der Waals surface area contributed by atoms with Crippen molar-refractivity contribution in [1.82, 2.24) is 15.1 Å². The van der Waals surface area contributed by atoms with Crippen LogP contribution in [0.15, 0.2) is 30.3 Å². The lowest BCUT2D eigenvalue weighted by molar-refractivity contribution is -0.124. The van der Waals surface area contributed by atoms with Crippen LogP contribution in [-0.4, -0.2) is 83.4 Å². The van der Waals surface area contributed by atoms with Crippen LogP contribution in [-0.2, 0) is 9.47 Å². The second kappa shape index (κ2) is 12.7. The quantitative estimate of drug-likeness (QED) is 0.426. The summed E-state index contributed by atoms with van der Waals surface area (Å²) in [4.78, 5) is 4.74. The van der Waals surface area contributed by atoms with E-state index >= 15 is 0 Å². The molecule has 5 N–H and O–H groups in total. The summed E-state index contributed by atoms with van der Waals surface area (Å²) in [5, 5.41) is 18.7. The Hall–Kier alpha value is -2.90. The molecule has 216 valence electrons. The standard InChI is InChI=1S/C31H44N6O3/c1-3-24(10-13-32)40-25-18-23(19-25)9-8-22(2)37-16-17-39-31(21-37)11-14-36(15-12-31)28-20-27(34-35-30(28)33)26-6-4-5-7-29(26)38/h4-7,20,22-25,38H,3,10-19,21,32H2,1-2H3,(H2,33,35). The van der Waals surface area contributed by atoms with Crippen molar-refractivity contribution in [3.63, 3.8) is 0 Å². The molecule has 40 heavy (non-hydrogen) atoms. The Kier molecular flexibility index (Phi) is 9.11. The smallest absolute Gasteiger partial charge is 0.169 e. The topological polar surface area (TPSA) is 123 Å². The Labute approximate surface area is 238 Å². The van der Waals surface area contributed by atoms with Gasteiger partial charge in [-0.05, 0) is 70.2 Å². The number of rotatable bonds is 8. The number of hydrogen-bond donors (Lipinski definition) is 3. The molecule has 1 aliphatic carbocycles. The highest BCUT2D eigenvalue weighted by atomic mass is 16.5. The van der Waals surface area contributed by atoms with E-state index < -0.39 is 0 Å². The molecule has 2 aliphatic heterocycles. The Balaban J connectivity index is 1.15. The van der Waals surface area contributed by atoms with Gasteiger partial charge in [-0.1, -0.05) is 30.9 Å². The third kappa shape index (κ3) is 6.52. The predicted molar refractivity (Wildman–Crippen MR) is 158 cm³/mol. The number of ether oxygens (including phenoxy) is 2. The molecule has 0 amide bonds. The van der Waals surface area contributed by atoms with Gasteiger partial charge < -0.3 is 30.9 Å². The SMILES string of the molecule is CCC(CCN)OC1CC(C#CC(C)N2CCOC3(CCN(c4cc(-c5ccccc5O)nnc4N)CC3)C2)C1. The maximum absolute atomic E-state index is 10.3. The molecule has 2 atom stereocenters. The van der Waals surface area contributed by atoms with Gasteiger partial charge in [-0.15, -0.1) is 10.2 Å². The van der Waals surface area contributed by atoms with Gasteiger partial charge in [0.05, 0.1) is 41.8 Å². The fraction of sp³-hybridized carbons (Fsp3) is 0.613. The van der Waals surface area contributed by atoms with Gasteiger partial charge in [0.1, 0.15) is 5.75 Å². The molecule has 5 rings (SSSR count). The summed E-state index contributed by atoms with van der Waals surface area (Å²) in [6.45, 7) is 9.20. The summed E-state index contributed by atoms with van der Waals surface area (Å²) >= 11 is 0. The van der Waals surface area contributed by atoms with E-state index in [9.17, 15) is 5.11 Å². The van der Waals surface area contributed by atoms with Crippen molar-refractivity contribution in [3.8, 4) is 28.8 Å². The second-order valence-electron chi connectivity index (χ2n) is 11.5. The fourth-order valence-electron chi connectivity index (χ4n) is 6.08. The van der Waals surface area contributed by atoms with E-state index in [0.29, 0.717) is 35.6 Å². The monoisotopic (exact) mass is 548 g/mol. The summed E-state index contributed by atoms with van der Waals surface area (Å²) in [5.41, 5.74) is 13.9. The van der Waals surface area contributed by atoms with Crippen molar-refractivity contribution in [2.75, 3.05) is 50.0 Å². The maximum Gasteiger partial charge on any atom is 0.169 e. The van der Waals surface area contributed by atoms with Gasteiger partial charge in [0.25, 0.3) is 0 Å². The van der Waals surface area contributed by atoms with Crippen LogP contribution >= 0.6 is 0 Å². The highest BCUT2D eigenvalue weighted by Gasteiger charge is 2.41. The number of anilines is 2. The molecular weight excluding hydrogens is 504 g/mol. The normalized spacial score (nSPS) is 24.1. The van der Waals surface area contributed by atoms with E-state index in [-0.39, 0.29) is 23.5 Å². The number of nitrogens with two attached hydrogens (primary N) is 2. The number of benzene rings is 1. The van der Waals surface area contributed by atoms with Crippen molar-refractivity contribution in [1.29, 1.82) is 0 Å². The van der Waals surface area contributed by atoms with Gasteiger partial charge in [0.15, 0.2) is 5.82 Å². The van der Waals surface area contributed by atoms with Gasteiger partial charge in [-0.25, -0.2) is 0 Å². The predicted octanol–water partition coefficient (Wildman–Crippen LogP) is 3.42. The van der Waals surface area contributed by atoms with Crippen molar-refractivity contribution in [2.45, 2.75) is 76.2 Å². The Bertz CT molecular complexity index is 1200. The van der Waals surface area contributed by atoms with Crippen LogP contribution in [0.1, 0.15) is 52.4 Å². The molecular formula is C31H44N6O3.